The number of benzene rings is 4. The van der Waals surface area contributed by atoms with Gasteiger partial charge in [0.05, 0.1) is 11.2 Å². The van der Waals surface area contributed by atoms with Gasteiger partial charge in [-0.05, 0) is 41.1 Å². The molecule has 5 rings (SSSR count). The van der Waals surface area contributed by atoms with Crippen LogP contribution in [0.4, 0.5) is 0 Å². The third-order valence-electron chi connectivity index (χ3n) is 4.67. The minimum Gasteiger partial charge on any atom is -0.232 e. The average Bonchev–Trinajstić information content (AvgIpc) is 3.09. The fourth-order valence-corrected chi connectivity index (χ4v) is 3.89. The van der Waals surface area contributed by atoms with Gasteiger partial charge in [-0.1, -0.05) is 76.6 Å². The third kappa shape index (κ3) is 2.44. The van der Waals surface area contributed by atoms with E-state index in [-0.39, 0.29) is 0 Å². The molecule has 0 aliphatic rings. The highest BCUT2D eigenvalue weighted by atomic mass is 79.9. The van der Waals surface area contributed by atoms with Gasteiger partial charge in [-0.25, -0.2) is 4.68 Å². The number of hydrogen-bond donors (Lipinski definition) is 0. The zero-order valence-electron chi connectivity index (χ0n) is 13.9. The van der Waals surface area contributed by atoms with E-state index in [2.05, 4.69) is 82.7 Å². The van der Waals surface area contributed by atoms with Gasteiger partial charge in [0.1, 0.15) is 5.69 Å². The number of nitrogens with zero attached hydrogens (tertiary/aromatic N) is 2. The van der Waals surface area contributed by atoms with Crippen LogP contribution < -0.4 is 0 Å². The molecule has 0 saturated heterocycles. The van der Waals surface area contributed by atoms with Crippen LogP contribution in [0, 0.1) is 0 Å². The molecular weight excluding hydrogens is 384 g/mol. The molecule has 0 aliphatic heterocycles. The van der Waals surface area contributed by atoms with Crippen molar-refractivity contribution in [1.82, 2.24) is 9.78 Å². The first-order chi connectivity index (χ1) is 12.8. The van der Waals surface area contributed by atoms with E-state index in [1.165, 1.54) is 16.2 Å². The van der Waals surface area contributed by atoms with Gasteiger partial charge >= 0.3 is 0 Å². The normalized spacial score (nSPS) is 11.3. The summed E-state index contributed by atoms with van der Waals surface area (Å²) >= 11 is 3.59. The topological polar surface area (TPSA) is 17.8 Å². The summed E-state index contributed by atoms with van der Waals surface area (Å²) in [6, 6.07) is 31.5. The first-order valence-corrected chi connectivity index (χ1v) is 9.32. The summed E-state index contributed by atoms with van der Waals surface area (Å²) in [5.41, 5.74) is 4.29. The van der Waals surface area contributed by atoms with E-state index >= 15 is 0 Å². The molecule has 0 saturated carbocycles. The molecule has 0 atom stereocenters. The summed E-state index contributed by atoms with van der Waals surface area (Å²) in [5.74, 6) is 0. The van der Waals surface area contributed by atoms with Crippen LogP contribution in [-0.2, 0) is 0 Å². The molecule has 0 radical (unpaired) electrons. The first kappa shape index (κ1) is 15.4. The molecule has 1 aromatic heterocycles. The molecule has 0 bridgehead atoms. The smallest absolute Gasteiger partial charge is 0.101 e. The Kier molecular flexibility index (Phi) is 3.61. The summed E-state index contributed by atoms with van der Waals surface area (Å²) < 4.78 is 3.09. The molecule has 4 aromatic carbocycles. The maximum atomic E-state index is 5.02. The number of fused-ring (bicyclic) bond motifs is 3. The molecule has 5 aromatic rings. The van der Waals surface area contributed by atoms with Gasteiger partial charge in [0, 0.05) is 15.4 Å². The highest BCUT2D eigenvalue weighted by Crippen LogP contribution is 2.36. The Morgan fingerprint density at radius 3 is 2.38 bits per heavy atom. The zero-order chi connectivity index (χ0) is 17.5. The van der Waals surface area contributed by atoms with E-state index in [0.717, 1.165) is 26.9 Å². The lowest BCUT2D eigenvalue weighted by atomic mass is 10.0. The van der Waals surface area contributed by atoms with Crippen LogP contribution >= 0.6 is 15.9 Å². The van der Waals surface area contributed by atoms with Crippen LogP contribution in [0.1, 0.15) is 0 Å². The summed E-state index contributed by atoms with van der Waals surface area (Å²) in [4.78, 5) is 0. The van der Waals surface area contributed by atoms with Gasteiger partial charge in [0.2, 0.25) is 0 Å². The number of hydrogen-bond acceptors (Lipinski definition) is 1. The minimum atomic E-state index is 1.00. The van der Waals surface area contributed by atoms with Gasteiger partial charge in [-0.3, -0.25) is 0 Å². The fourth-order valence-electron chi connectivity index (χ4n) is 3.49. The highest BCUT2D eigenvalue weighted by Gasteiger charge is 2.16. The first-order valence-electron chi connectivity index (χ1n) is 8.53. The van der Waals surface area contributed by atoms with E-state index in [4.69, 9.17) is 5.10 Å². The molecule has 1 heterocycles. The molecule has 0 fully saturated rings. The van der Waals surface area contributed by atoms with Crippen molar-refractivity contribution < 1.29 is 0 Å². The second kappa shape index (κ2) is 6.11. The Bertz CT molecular complexity index is 1240. The molecule has 0 aliphatic carbocycles. The Labute approximate surface area is 159 Å². The van der Waals surface area contributed by atoms with Crippen molar-refractivity contribution in [2.45, 2.75) is 0 Å². The van der Waals surface area contributed by atoms with Crippen LogP contribution in [-0.4, -0.2) is 9.78 Å². The second-order valence-electron chi connectivity index (χ2n) is 6.29. The quantitative estimate of drug-likeness (QED) is 0.327. The van der Waals surface area contributed by atoms with E-state index < -0.39 is 0 Å². The van der Waals surface area contributed by atoms with Crippen molar-refractivity contribution in [2.24, 2.45) is 0 Å². The van der Waals surface area contributed by atoms with Crippen molar-refractivity contribution in [2.75, 3.05) is 0 Å². The molecule has 124 valence electrons. The molecule has 0 spiro atoms. The lowest BCUT2D eigenvalue weighted by Gasteiger charge is -2.04. The Hall–Kier alpha value is -2.91. The number of aromatic nitrogens is 2. The van der Waals surface area contributed by atoms with Crippen molar-refractivity contribution >= 4 is 37.6 Å². The van der Waals surface area contributed by atoms with E-state index in [1.54, 1.807) is 0 Å². The minimum absolute atomic E-state index is 1.00. The standard InChI is InChI=1S/C23H15BrN2/c24-18-9-6-8-17(15-18)23-22-20-12-5-4-7-16(20)13-14-21(22)26(25-23)19-10-2-1-3-11-19/h1-15H. The monoisotopic (exact) mass is 398 g/mol. The van der Waals surface area contributed by atoms with Crippen molar-refractivity contribution in [3.63, 3.8) is 0 Å². The molecule has 2 nitrogen and oxygen atoms in total. The van der Waals surface area contributed by atoms with Crippen LogP contribution in [0.2, 0.25) is 0 Å². The molecule has 0 unspecified atom stereocenters. The van der Waals surface area contributed by atoms with Crippen LogP contribution in [0.25, 0.3) is 38.6 Å². The summed E-state index contributed by atoms with van der Waals surface area (Å²) in [6.07, 6.45) is 0. The molecule has 0 N–H and O–H groups in total. The predicted molar refractivity (Wildman–Crippen MR) is 112 cm³/mol. The van der Waals surface area contributed by atoms with Crippen LogP contribution in [0.15, 0.2) is 95.5 Å². The molecule has 3 heteroatoms. The predicted octanol–water partition coefficient (Wildman–Crippen LogP) is 6.61. The second-order valence-corrected chi connectivity index (χ2v) is 7.20. The average molecular weight is 399 g/mol. The van der Waals surface area contributed by atoms with Crippen molar-refractivity contribution in [3.8, 4) is 16.9 Å². The van der Waals surface area contributed by atoms with E-state index in [1.807, 2.05) is 28.9 Å². The van der Waals surface area contributed by atoms with E-state index in [0.29, 0.717) is 0 Å². The van der Waals surface area contributed by atoms with Gasteiger partial charge in [-0.2, -0.15) is 5.10 Å². The lowest BCUT2D eigenvalue weighted by Crippen LogP contribution is -1.95. The Morgan fingerprint density at radius 2 is 1.54 bits per heavy atom. The maximum Gasteiger partial charge on any atom is 0.101 e. The Morgan fingerprint density at radius 1 is 0.731 bits per heavy atom. The molecular formula is C23H15BrN2. The van der Waals surface area contributed by atoms with Gasteiger partial charge in [0.25, 0.3) is 0 Å². The third-order valence-corrected chi connectivity index (χ3v) is 5.16. The van der Waals surface area contributed by atoms with Crippen molar-refractivity contribution in [1.29, 1.82) is 0 Å². The SMILES string of the molecule is Brc1cccc(-c2nn(-c3ccccc3)c3ccc4ccccc4c23)c1. The molecule has 0 amide bonds. The van der Waals surface area contributed by atoms with Gasteiger partial charge < -0.3 is 0 Å². The zero-order valence-corrected chi connectivity index (χ0v) is 15.5. The fraction of sp³-hybridized carbons (Fsp3) is 0. The largest absolute Gasteiger partial charge is 0.232 e. The van der Waals surface area contributed by atoms with Crippen LogP contribution in [0.5, 0.6) is 0 Å². The Balaban J connectivity index is 1.93. The van der Waals surface area contributed by atoms with Crippen molar-refractivity contribution in [3.05, 3.63) is 95.5 Å². The maximum absolute atomic E-state index is 5.02. The number of halogens is 1. The molecule has 26 heavy (non-hydrogen) atoms. The summed E-state index contributed by atoms with van der Waals surface area (Å²) in [7, 11) is 0. The van der Waals surface area contributed by atoms with Crippen LogP contribution in [0.3, 0.4) is 0 Å². The lowest BCUT2D eigenvalue weighted by molar-refractivity contribution is 0.915. The summed E-state index contributed by atoms with van der Waals surface area (Å²) in [6.45, 7) is 0. The van der Waals surface area contributed by atoms with E-state index in [9.17, 15) is 0 Å². The van der Waals surface area contributed by atoms with Gasteiger partial charge in [0.15, 0.2) is 0 Å². The number of rotatable bonds is 2. The van der Waals surface area contributed by atoms with Gasteiger partial charge in [-0.15, -0.1) is 0 Å². The summed E-state index contributed by atoms with van der Waals surface area (Å²) in [5, 5.41) is 8.65. The number of para-hydroxylation sites is 1. The highest BCUT2D eigenvalue weighted by molar-refractivity contribution is 9.10.